The number of ether oxygens (including phenoxy) is 1. The molecule has 3 heterocycles. The summed E-state index contributed by atoms with van der Waals surface area (Å²) in [6, 6.07) is 14.3. The zero-order valence-corrected chi connectivity index (χ0v) is 22.4. The summed E-state index contributed by atoms with van der Waals surface area (Å²) in [5.41, 5.74) is 3.87. The quantitative estimate of drug-likeness (QED) is 0.167. The van der Waals surface area contributed by atoms with Gasteiger partial charge in [0, 0.05) is 68.1 Å². The molecule has 0 radical (unpaired) electrons. The highest BCUT2D eigenvalue weighted by Gasteiger charge is 2.21. The van der Waals surface area contributed by atoms with Crippen LogP contribution in [0.25, 0.3) is 43.5 Å². The molecular weight excluding hydrogens is 490 g/mol. The predicted octanol–water partition coefficient (Wildman–Crippen LogP) is 5.96. The Morgan fingerprint density at radius 1 is 1.05 bits per heavy atom. The van der Waals surface area contributed by atoms with Gasteiger partial charge < -0.3 is 24.8 Å². The molecule has 1 fully saturated rings. The second-order valence-electron chi connectivity index (χ2n) is 10.4. The summed E-state index contributed by atoms with van der Waals surface area (Å²) in [7, 11) is 2.15. The first-order chi connectivity index (χ1) is 18.8. The number of hydrogen-bond acceptors (Lipinski definition) is 6. The van der Waals surface area contributed by atoms with E-state index < -0.39 is 5.97 Å². The van der Waals surface area contributed by atoms with Gasteiger partial charge in [-0.3, -0.25) is 4.79 Å². The fraction of sp³-hybridized carbons (Fsp3) is 0.258. The lowest BCUT2D eigenvalue weighted by Crippen LogP contribution is -2.44. The van der Waals surface area contributed by atoms with Gasteiger partial charge in [0.25, 0.3) is 0 Å². The fourth-order valence-corrected chi connectivity index (χ4v) is 5.50. The second kappa shape index (κ2) is 9.71. The van der Waals surface area contributed by atoms with Crippen LogP contribution in [-0.4, -0.2) is 66.1 Å². The van der Waals surface area contributed by atoms with Crippen LogP contribution in [0.4, 0.5) is 11.4 Å². The number of pyridine rings is 1. The van der Waals surface area contributed by atoms with Gasteiger partial charge in [0.15, 0.2) is 0 Å². The molecule has 8 nitrogen and oxygen atoms in total. The van der Waals surface area contributed by atoms with E-state index in [1.807, 2.05) is 32.0 Å². The van der Waals surface area contributed by atoms with E-state index in [0.717, 1.165) is 69.7 Å². The van der Waals surface area contributed by atoms with E-state index in [9.17, 15) is 9.59 Å². The largest absolute Gasteiger partial charge is 0.459 e. The van der Waals surface area contributed by atoms with Crippen LogP contribution in [0.15, 0.2) is 61.3 Å². The van der Waals surface area contributed by atoms with Crippen LogP contribution < -0.4 is 10.2 Å². The molecule has 3 aromatic carbocycles. The van der Waals surface area contributed by atoms with E-state index in [1.54, 1.807) is 6.20 Å². The van der Waals surface area contributed by atoms with E-state index >= 15 is 0 Å². The van der Waals surface area contributed by atoms with Crippen molar-refractivity contribution in [3.8, 4) is 0 Å². The number of anilines is 2. The van der Waals surface area contributed by atoms with Crippen molar-refractivity contribution < 1.29 is 17.2 Å². The Morgan fingerprint density at radius 2 is 1.85 bits per heavy atom. The van der Waals surface area contributed by atoms with Gasteiger partial charge in [-0.25, -0.2) is 9.78 Å². The average Bonchev–Trinajstić information content (AvgIpc) is 3.32. The normalized spacial score (nSPS) is 14.5. The summed E-state index contributed by atoms with van der Waals surface area (Å²) in [5, 5.41) is 8.71. The van der Waals surface area contributed by atoms with E-state index in [1.165, 1.54) is 6.08 Å². The molecule has 1 aliphatic rings. The third kappa shape index (κ3) is 4.36. The number of likely N-dealkylation sites (N-methyl/N-ethyl adjacent to an activating group) is 1. The number of piperazine rings is 1. The van der Waals surface area contributed by atoms with Crippen molar-refractivity contribution in [3.05, 3.63) is 66.9 Å². The molecule has 6 rings (SSSR count). The molecule has 0 saturated carbocycles. The Morgan fingerprint density at radius 3 is 2.59 bits per heavy atom. The highest BCUT2D eigenvalue weighted by Crippen LogP contribution is 2.42. The number of amides is 1. The highest BCUT2D eigenvalue weighted by atomic mass is 16.5. The van der Waals surface area contributed by atoms with Crippen LogP contribution in [0.3, 0.4) is 0 Å². The van der Waals surface area contributed by atoms with E-state index in [0.29, 0.717) is 16.9 Å². The number of benzene rings is 3. The molecule has 0 aliphatic carbocycles. The number of nitrogens with one attached hydrogen (secondary N) is 2. The molecule has 2 aromatic heterocycles. The Labute approximate surface area is 229 Å². The molecule has 1 amide bonds. The monoisotopic (exact) mass is 525 g/mol. The number of aromatic amines is 1. The van der Waals surface area contributed by atoms with E-state index in [4.69, 9.17) is 4.74 Å². The van der Waals surface area contributed by atoms with Crippen molar-refractivity contribution in [1.82, 2.24) is 14.9 Å². The van der Waals surface area contributed by atoms with Crippen LogP contribution >= 0.6 is 0 Å². The molecule has 2 N–H and O–H groups in total. The number of nitrogens with zero attached hydrogens (tertiary/aromatic N) is 3. The van der Waals surface area contributed by atoms with Gasteiger partial charge in [-0.05, 0) is 62.0 Å². The summed E-state index contributed by atoms with van der Waals surface area (Å²) >= 11 is 0. The average molecular weight is 526 g/mol. The maximum absolute atomic E-state index is 12.7. The smallest absolute Gasteiger partial charge is 0.339 e. The molecule has 0 atom stereocenters. The first-order valence-corrected chi connectivity index (χ1v) is 13.2. The van der Waals surface area contributed by atoms with Gasteiger partial charge in [0.05, 0.1) is 17.2 Å². The van der Waals surface area contributed by atoms with Gasteiger partial charge in [0.1, 0.15) is 5.65 Å². The molecule has 1 saturated heterocycles. The number of hydrogen-bond donors (Lipinski definition) is 2. The minimum absolute atomic E-state index is 0. The zero-order valence-electron chi connectivity index (χ0n) is 22.4. The molecule has 5 aromatic rings. The lowest BCUT2D eigenvalue weighted by molar-refractivity contribution is -0.111. The maximum atomic E-state index is 12.7. The van der Waals surface area contributed by atoms with Crippen molar-refractivity contribution in [2.75, 3.05) is 43.4 Å². The molecule has 8 heteroatoms. The molecule has 0 bridgehead atoms. The van der Waals surface area contributed by atoms with Crippen LogP contribution in [0.2, 0.25) is 0 Å². The lowest BCUT2D eigenvalue weighted by Gasteiger charge is -2.34. The minimum Gasteiger partial charge on any atom is -0.459 e. The topological polar surface area (TPSA) is 90.6 Å². The number of carbonyl (C=O) groups is 2. The third-order valence-electron chi connectivity index (χ3n) is 7.42. The molecular formula is C31H35N5O3. The van der Waals surface area contributed by atoms with Crippen LogP contribution in [0.5, 0.6) is 0 Å². The number of carbonyl (C=O) groups excluding carboxylic acids is 2. The Bertz CT molecular complexity index is 1790. The zero-order chi connectivity index (χ0) is 27.3. The van der Waals surface area contributed by atoms with Gasteiger partial charge in [-0.1, -0.05) is 24.8 Å². The van der Waals surface area contributed by atoms with Crippen molar-refractivity contribution >= 4 is 66.7 Å². The molecule has 0 unspecified atom stereocenters. The fourth-order valence-electron chi connectivity index (χ4n) is 5.50. The highest BCUT2D eigenvalue weighted by molar-refractivity contribution is 6.34. The second-order valence-corrected chi connectivity index (χ2v) is 10.4. The predicted molar refractivity (Wildman–Crippen MR) is 162 cm³/mol. The minimum atomic E-state index is -0.408. The summed E-state index contributed by atoms with van der Waals surface area (Å²) in [4.78, 5) is 38.0. The Hall–Kier alpha value is -4.43. The molecule has 202 valence electrons. The SMILES string of the molecule is C=CC(=O)Nc1cccc2c1c1cc(N3CCN(C)CC3)ccc1c1[nH]c3ncc(C(=O)OC(C)C)cc3c21.[HH].[HH]. The van der Waals surface area contributed by atoms with Crippen LogP contribution in [0.1, 0.15) is 27.1 Å². The first-order valence-electron chi connectivity index (χ1n) is 13.2. The van der Waals surface area contributed by atoms with Gasteiger partial charge in [-0.2, -0.15) is 0 Å². The number of H-pyrrole nitrogens is 1. The summed E-state index contributed by atoms with van der Waals surface area (Å²) < 4.78 is 5.43. The number of rotatable bonds is 5. The van der Waals surface area contributed by atoms with Crippen molar-refractivity contribution in [2.45, 2.75) is 20.0 Å². The van der Waals surface area contributed by atoms with E-state index in [-0.39, 0.29) is 14.9 Å². The molecule has 1 aliphatic heterocycles. The van der Waals surface area contributed by atoms with Crippen molar-refractivity contribution in [2.24, 2.45) is 0 Å². The van der Waals surface area contributed by atoms with E-state index in [2.05, 4.69) is 63.0 Å². The van der Waals surface area contributed by atoms with Crippen molar-refractivity contribution in [3.63, 3.8) is 0 Å². The summed E-state index contributed by atoms with van der Waals surface area (Å²) in [6.45, 7) is 11.2. The maximum Gasteiger partial charge on any atom is 0.339 e. The number of aromatic nitrogens is 2. The van der Waals surface area contributed by atoms with Crippen LogP contribution in [-0.2, 0) is 9.53 Å². The van der Waals surface area contributed by atoms with Crippen LogP contribution in [0, 0.1) is 0 Å². The number of esters is 1. The third-order valence-corrected chi connectivity index (χ3v) is 7.42. The van der Waals surface area contributed by atoms with Gasteiger partial charge >= 0.3 is 5.97 Å². The first kappa shape index (κ1) is 24.9. The van der Waals surface area contributed by atoms with Gasteiger partial charge in [-0.15, -0.1) is 0 Å². The Kier molecular flexibility index (Phi) is 6.19. The lowest BCUT2D eigenvalue weighted by atomic mass is 9.95. The summed E-state index contributed by atoms with van der Waals surface area (Å²) in [6.07, 6.45) is 2.59. The molecule has 39 heavy (non-hydrogen) atoms. The van der Waals surface area contributed by atoms with Gasteiger partial charge in [0.2, 0.25) is 5.91 Å². The summed E-state index contributed by atoms with van der Waals surface area (Å²) in [5.74, 6) is -0.681. The number of fused-ring (bicyclic) bond motifs is 8. The molecule has 0 spiro atoms. The standard InChI is InChI=1S/C31H31N5O3.2H2/c1-5-26(37)33-25-8-6-7-22-27(25)23-16-20(36-13-11-35(4)12-14-36)9-10-21(23)29-28(22)24-15-19(17-32-30(24)34-29)31(38)39-18(2)3;;/h5-10,15-18H,1,11-14H2,2-4H3,(H,32,34)(H,33,37);2*1H. The van der Waals surface area contributed by atoms with Crippen molar-refractivity contribution in [1.29, 1.82) is 0 Å². The Balaban J connectivity index is 0.00000194.